The maximum atomic E-state index is 13.3. The van der Waals surface area contributed by atoms with Gasteiger partial charge in [0.05, 0.1) is 11.0 Å². The Hall–Kier alpha value is -2.55. The fourth-order valence-electron chi connectivity index (χ4n) is 2.19. The van der Waals surface area contributed by atoms with Gasteiger partial charge in [0.2, 0.25) is 5.89 Å². The SMILES string of the molecule is COCc1nn(Cc2nc3ccccc3n2C(F)F)c(=O)o1. The molecule has 0 spiro atoms. The summed E-state index contributed by atoms with van der Waals surface area (Å²) < 4.78 is 37.9. The highest BCUT2D eigenvalue weighted by molar-refractivity contribution is 5.75. The Morgan fingerprint density at radius 1 is 1.36 bits per heavy atom. The third-order valence-corrected chi connectivity index (χ3v) is 3.07. The number of hydrogen-bond acceptors (Lipinski definition) is 5. The monoisotopic (exact) mass is 310 g/mol. The van der Waals surface area contributed by atoms with Gasteiger partial charge in [0.25, 0.3) is 0 Å². The van der Waals surface area contributed by atoms with E-state index in [0.29, 0.717) is 11.0 Å². The van der Waals surface area contributed by atoms with E-state index in [4.69, 9.17) is 9.15 Å². The number of rotatable bonds is 5. The van der Waals surface area contributed by atoms with Gasteiger partial charge in [-0.1, -0.05) is 12.1 Å². The van der Waals surface area contributed by atoms with E-state index >= 15 is 0 Å². The van der Waals surface area contributed by atoms with Gasteiger partial charge >= 0.3 is 12.3 Å². The number of benzene rings is 1. The molecule has 0 fully saturated rings. The third kappa shape index (κ3) is 2.50. The Kier molecular flexibility index (Phi) is 3.72. The maximum Gasteiger partial charge on any atom is 0.437 e. The van der Waals surface area contributed by atoms with Gasteiger partial charge in [0.15, 0.2) is 0 Å². The van der Waals surface area contributed by atoms with E-state index < -0.39 is 12.3 Å². The summed E-state index contributed by atoms with van der Waals surface area (Å²) in [6.45, 7) is -2.97. The van der Waals surface area contributed by atoms with Gasteiger partial charge in [-0.2, -0.15) is 13.5 Å². The highest BCUT2D eigenvalue weighted by Crippen LogP contribution is 2.23. The van der Waals surface area contributed by atoms with Gasteiger partial charge in [-0.25, -0.2) is 9.78 Å². The minimum Gasteiger partial charge on any atom is -0.390 e. The van der Waals surface area contributed by atoms with Crippen molar-refractivity contribution in [3.05, 3.63) is 46.5 Å². The summed E-state index contributed by atoms with van der Waals surface area (Å²) in [5, 5.41) is 3.88. The average molecular weight is 310 g/mol. The molecule has 116 valence electrons. The fraction of sp³-hybridized carbons (Fsp3) is 0.308. The van der Waals surface area contributed by atoms with Crippen molar-refractivity contribution in [2.24, 2.45) is 0 Å². The van der Waals surface area contributed by atoms with Crippen molar-refractivity contribution < 1.29 is 17.9 Å². The van der Waals surface area contributed by atoms with E-state index in [1.165, 1.54) is 7.11 Å². The van der Waals surface area contributed by atoms with Crippen molar-refractivity contribution in [2.45, 2.75) is 19.7 Å². The number of methoxy groups -OCH3 is 1. The molecule has 3 aromatic rings. The number of ether oxygens (including phenoxy) is 1. The minimum absolute atomic E-state index is 0.0213. The molecular weight excluding hydrogens is 298 g/mol. The Labute approximate surface area is 122 Å². The summed E-state index contributed by atoms with van der Waals surface area (Å²) in [7, 11) is 1.43. The van der Waals surface area contributed by atoms with Gasteiger partial charge in [0, 0.05) is 7.11 Å². The number of fused-ring (bicyclic) bond motifs is 1. The first kappa shape index (κ1) is 14.4. The lowest BCUT2D eigenvalue weighted by Crippen LogP contribution is -2.19. The van der Waals surface area contributed by atoms with E-state index in [-0.39, 0.29) is 24.9 Å². The van der Waals surface area contributed by atoms with Crippen LogP contribution in [0, 0.1) is 0 Å². The lowest BCUT2D eigenvalue weighted by Gasteiger charge is -2.06. The van der Waals surface area contributed by atoms with Crippen molar-refractivity contribution >= 4 is 11.0 Å². The second-order valence-electron chi connectivity index (χ2n) is 4.52. The normalized spacial score (nSPS) is 11.6. The van der Waals surface area contributed by atoms with Crippen LogP contribution in [-0.4, -0.2) is 26.4 Å². The Morgan fingerprint density at radius 3 is 2.86 bits per heavy atom. The van der Waals surface area contributed by atoms with E-state index in [2.05, 4.69) is 10.1 Å². The van der Waals surface area contributed by atoms with Crippen LogP contribution in [0.15, 0.2) is 33.5 Å². The molecule has 0 unspecified atom stereocenters. The molecule has 0 aliphatic rings. The van der Waals surface area contributed by atoms with Crippen LogP contribution in [-0.2, 0) is 17.9 Å². The van der Waals surface area contributed by atoms with Crippen molar-refractivity contribution in [1.29, 1.82) is 0 Å². The quantitative estimate of drug-likeness (QED) is 0.718. The molecule has 0 saturated heterocycles. The number of halogens is 2. The highest BCUT2D eigenvalue weighted by Gasteiger charge is 2.19. The molecule has 7 nitrogen and oxygen atoms in total. The van der Waals surface area contributed by atoms with E-state index in [9.17, 15) is 13.6 Å². The zero-order chi connectivity index (χ0) is 15.7. The van der Waals surface area contributed by atoms with Crippen LogP contribution < -0.4 is 5.76 Å². The number of hydrogen-bond donors (Lipinski definition) is 0. The minimum atomic E-state index is -2.77. The van der Waals surface area contributed by atoms with Crippen LogP contribution in [0.5, 0.6) is 0 Å². The zero-order valence-electron chi connectivity index (χ0n) is 11.6. The molecule has 1 aromatic carbocycles. The number of imidazole rings is 1. The lowest BCUT2D eigenvalue weighted by molar-refractivity contribution is 0.0709. The topological polar surface area (TPSA) is 75.1 Å². The van der Waals surface area contributed by atoms with Crippen molar-refractivity contribution in [1.82, 2.24) is 19.3 Å². The molecule has 0 N–H and O–H groups in total. The predicted octanol–water partition coefficient (Wildman–Crippen LogP) is 1.78. The van der Waals surface area contributed by atoms with Crippen LogP contribution in [0.25, 0.3) is 11.0 Å². The molecule has 2 heterocycles. The molecular formula is C13H12F2N4O3. The molecule has 3 rings (SSSR count). The van der Waals surface area contributed by atoms with E-state index in [1.54, 1.807) is 24.3 Å². The third-order valence-electron chi connectivity index (χ3n) is 3.07. The van der Waals surface area contributed by atoms with Crippen LogP contribution in [0.3, 0.4) is 0 Å². The standard InChI is InChI=1S/C13H12F2N4O3/c1-21-7-11-17-18(13(20)22-11)6-10-16-8-4-2-3-5-9(8)19(10)12(14)15/h2-5,12H,6-7H2,1H3. The van der Waals surface area contributed by atoms with Crippen LogP contribution in [0.4, 0.5) is 8.78 Å². The summed E-state index contributed by atoms with van der Waals surface area (Å²) in [4.78, 5) is 15.8. The van der Waals surface area contributed by atoms with Gasteiger partial charge in [0.1, 0.15) is 19.0 Å². The first-order valence-corrected chi connectivity index (χ1v) is 6.40. The molecule has 0 amide bonds. The largest absolute Gasteiger partial charge is 0.437 e. The van der Waals surface area contributed by atoms with Crippen molar-refractivity contribution in [2.75, 3.05) is 7.11 Å². The highest BCUT2D eigenvalue weighted by atomic mass is 19.3. The van der Waals surface area contributed by atoms with Crippen molar-refractivity contribution in [3.8, 4) is 0 Å². The van der Waals surface area contributed by atoms with Gasteiger partial charge in [-0.3, -0.25) is 4.57 Å². The number of para-hydroxylation sites is 2. The maximum absolute atomic E-state index is 13.3. The average Bonchev–Trinajstić information content (AvgIpc) is 3.00. The number of aromatic nitrogens is 4. The van der Waals surface area contributed by atoms with Gasteiger partial charge < -0.3 is 9.15 Å². The Bertz CT molecular complexity index is 852. The Balaban J connectivity index is 2.03. The summed E-state index contributed by atoms with van der Waals surface area (Å²) >= 11 is 0. The molecule has 0 radical (unpaired) electrons. The molecule has 0 saturated carbocycles. The summed E-state index contributed by atoms with van der Waals surface area (Å²) in [5.74, 6) is -0.650. The smallest absolute Gasteiger partial charge is 0.390 e. The van der Waals surface area contributed by atoms with E-state index in [0.717, 1.165) is 9.25 Å². The first-order valence-electron chi connectivity index (χ1n) is 6.40. The van der Waals surface area contributed by atoms with Crippen molar-refractivity contribution in [3.63, 3.8) is 0 Å². The molecule has 0 aliphatic carbocycles. The van der Waals surface area contributed by atoms with Crippen LogP contribution in [0.2, 0.25) is 0 Å². The summed E-state index contributed by atoms with van der Waals surface area (Å²) in [5.41, 5.74) is 0.715. The number of alkyl halides is 2. The molecule has 0 bridgehead atoms. The molecule has 22 heavy (non-hydrogen) atoms. The fourth-order valence-corrected chi connectivity index (χ4v) is 2.19. The Morgan fingerprint density at radius 2 is 2.14 bits per heavy atom. The second-order valence-corrected chi connectivity index (χ2v) is 4.52. The van der Waals surface area contributed by atoms with Crippen LogP contribution in [0.1, 0.15) is 18.3 Å². The summed E-state index contributed by atoms with van der Waals surface area (Å²) in [6, 6.07) is 6.51. The predicted molar refractivity (Wildman–Crippen MR) is 71.6 cm³/mol. The van der Waals surface area contributed by atoms with Crippen LogP contribution >= 0.6 is 0 Å². The molecule has 0 atom stereocenters. The van der Waals surface area contributed by atoms with E-state index in [1.807, 2.05) is 0 Å². The van der Waals surface area contributed by atoms with Gasteiger partial charge in [-0.15, -0.1) is 5.10 Å². The molecule has 2 aromatic heterocycles. The molecule has 0 aliphatic heterocycles. The lowest BCUT2D eigenvalue weighted by atomic mass is 10.3. The first-order chi connectivity index (χ1) is 10.6. The number of nitrogens with zero attached hydrogens (tertiary/aromatic N) is 4. The second kappa shape index (κ2) is 5.68. The molecule has 9 heteroatoms. The zero-order valence-corrected chi connectivity index (χ0v) is 11.6. The van der Waals surface area contributed by atoms with Gasteiger partial charge in [-0.05, 0) is 12.1 Å². The summed E-state index contributed by atoms with van der Waals surface area (Å²) in [6.07, 6.45) is 0.